The van der Waals surface area contributed by atoms with Gasteiger partial charge in [0.25, 0.3) is 5.91 Å². The SMILES string of the molecule is CC(C)Cc1ccc(C(C)NC(=O)c2ccnc(Cl)c2)cc1. The van der Waals surface area contributed by atoms with Gasteiger partial charge in [-0.25, -0.2) is 4.98 Å². The summed E-state index contributed by atoms with van der Waals surface area (Å²) in [7, 11) is 0. The number of benzene rings is 1. The molecule has 22 heavy (non-hydrogen) atoms. The van der Waals surface area contributed by atoms with Gasteiger partial charge in [-0.1, -0.05) is 49.7 Å². The molecule has 0 spiro atoms. The molecule has 116 valence electrons. The van der Waals surface area contributed by atoms with Crippen LogP contribution in [0.5, 0.6) is 0 Å². The van der Waals surface area contributed by atoms with Crippen molar-refractivity contribution in [3.05, 3.63) is 64.4 Å². The highest BCUT2D eigenvalue weighted by Gasteiger charge is 2.12. The lowest BCUT2D eigenvalue weighted by Gasteiger charge is -2.15. The molecule has 1 amide bonds. The Morgan fingerprint density at radius 1 is 1.18 bits per heavy atom. The number of pyridine rings is 1. The summed E-state index contributed by atoms with van der Waals surface area (Å²) in [6.45, 7) is 6.38. The largest absolute Gasteiger partial charge is 0.346 e. The van der Waals surface area contributed by atoms with E-state index in [4.69, 9.17) is 11.6 Å². The molecule has 1 unspecified atom stereocenters. The Morgan fingerprint density at radius 2 is 1.86 bits per heavy atom. The first-order valence-corrected chi connectivity index (χ1v) is 7.84. The number of rotatable bonds is 5. The van der Waals surface area contributed by atoms with Crippen molar-refractivity contribution in [2.24, 2.45) is 5.92 Å². The second kappa shape index (κ2) is 7.41. The van der Waals surface area contributed by atoms with Crippen molar-refractivity contribution in [3.8, 4) is 0 Å². The second-order valence-electron chi connectivity index (χ2n) is 5.90. The van der Waals surface area contributed by atoms with Crippen LogP contribution < -0.4 is 5.32 Å². The fourth-order valence-electron chi connectivity index (χ4n) is 2.32. The summed E-state index contributed by atoms with van der Waals surface area (Å²) < 4.78 is 0. The molecule has 3 nitrogen and oxygen atoms in total. The van der Waals surface area contributed by atoms with E-state index in [1.54, 1.807) is 12.1 Å². The molecule has 2 rings (SSSR count). The Bertz CT molecular complexity index is 638. The van der Waals surface area contributed by atoms with Crippen molar-refractivity contribution in [2.75, 3.05) is 0 Å². The van der Waals surface area contributed by atoms with Gasteiger partial charge in [0.05, 0.1) is 6.04 Å². The molecule has 0 aliphatic rings. The average Bonchev–Trinajstić information content (AvgIpc) is 2.47. The maximum atomic E-state index is 12.2. The van der Waals surface area contributed by atoms with Gasteiger partial charge < -0.3 is 5.32 Å². The maximum absolute atomic E-state index is 12.2. The minimum Gasteiger partial charge on any atom is -0.346 e. The summed E-state index contributed by atoms with van der Waals surface area (Å²) in [6.07, 6.45) is 2.60. The van der Waals surface area contributed by atoms with E-state index in [-0.39, 0.29) is 11.9 Å². The fraction of sp³-hybridized carbons (Fsp3) is 0.333. The van der Waals surface area contributed by atoms with Crippen molar-refractivity contribution in [2.45, 2.75) is 33.2 Å². The Balaban J connectivity index is 2.02. The number of nitrogens with one attached hydrogen (secondary N) is 1. The van der Waals surface area contributed by atoms with Crippen LogP contribution in [0.4, 0.5) is 0 Å². The molecule has 0 aliphatic heterocycles. The first-order chi connectivity index (χ1) is 10.5. The lowest BCUT2D eigenvalue weighted by atomic mass is 10.00. The van der Waals surface area contributed by atoms with E-state index in [0.717, 1.165) is 12.0 Å². The maximum Gasteiger partial charge on any atom is 0.251 e. The molecule has 0 saturated carbocycles. The molecule has 1 atom stereocenters. The molecule has 0 aliphatic carbocycles. The van der Waals surface area contributed by atoms with Crippen LogP contribution in [0.3, 0.4) is 0 Å². The van der Waals surface area contributed by atoms with Gasteiger partial charge in [-0.3, -0.25) is 4.79 Å². The third-order valence-corrected chi connectivity index (χ3v) is 3.67. The van der Waals surface area contributed by atoms with E-state index in [1.165, 1.54) is 11.8 Å². The van der Waals surface area contributed by atoms with Crippen LogP contribution in [0, 0.1) is 5.92 Å². The van der Waals surface area contributed by atoms with E-state index >= 15 is 0 Å². The first kappa shape index (κ1) is 16.5. The van der Waals surface area contributed by atoms with Crippen molar-refractivity contribution < 1.29 is 4.79 Å². The van der Waals surface area contributed by atoms with Gasteiger partial charge in [0, 0.05) is 11.8 Å². The summed E-state index contributed by atoms with van der Waals surface area (Å²) in [5, 5.41) is 3.29. The van der Waals surface area contributed by atoms with Gasteiger partial charge in [-0.05, 0) is 42.5 Å². The monoisotopic (exact) mass is 316 g/mol. The average molecular weight is 317 g/mol. The Kier molecular flexibility index (Phi) is 5.56. The minimum atomic E-state index is -0.150. The molecule has 0 radical (unpaired) electrons. The van der Waals surface area contributed by atoms with Crippen LogP contribution in [0.1, 0.15) is 48.3 Å². The van der Waals surface area contributed by atoms with Crippen LogP contribution in [-0.2, 0) is 6.42 Å². The number of amides is 1. The van der Waals surface area contributed by atoms with E-state index in [0.29, 0.717) is 16.6 Å². The minimum absolute atomic E-state index is 0.0625. The smallest absolute Gasteiger partial charge is 0.251 e. The van der Waals surface area contributed by atoms with Gasteiger partial charge in [0.1, 0.15) is 5.15 Å². The normalized spacial score (nSPS) is 12.2. The molecule has 2 aromatic rings. The topological polar surface area (TPSA) is 42.0 Å². The van der Waals surface area contributed by atoms with E-state index in [1.807, 2.05) is 6.92 Å². The summed E-state index contributed by atoms with van der Waals surface area (Å²) >= 11 is 5.81. The van der Waals surface area contributed by atoms with Gasteiger partial charge in [0.2, 0.25) is 0 Å². The molecular formula is C18H21ClN2O. The highest BCUT2D eigenvalue weighted by molar-refractivity contribution is 6.29. The van der Waals surface area contributed by atoms with Crippen LogP contribution in [-0.4, -0.2) is 10.9 Å². The Labute approximate surface area is 136 Å². The third-order valence-electron chi connectivity index (χ3n) is 3.46. The molecule has 0 bridgehead atoms. The van der Waals surface area contributed by atoms with Crippen LogP contribution >= 0.6 is 11.6 Å². The number of nitrogens with zero attached hydrogens (tertiary/aromatic N) is 1. The summed E-state index contributed by atoms with van der Waals surface area (Å²) in [6, 6.07) is 11.6. The fourth-order valence-corrected chi connectivity index (χ4v) is 2.49. The predicted octanol–water partition coefficient (Wildman–Crippen LogP) is 4.42. The van der Waals surface area contributed by atoms with Crippen molar-refractivity contribution >= 4 is 17.5 Å². The van der Waals surface area contributed by atoms with Gasteiger partial charge >= 0.3 is 0 Å². The predicted molar refractivity (Wildman–Crippen MR) is 90.1 cm³/mol. The number of carbonyl (C=O) groups is 1. The van der Waals surface area contributed by atoms with Gasteiger partial charge in [0.15, 0.2) is 0 Å². The summed E-state index contributed by atoms with van der Waals surface area (Å²) in [5.41, 5.74) is 2.92. The number of halogens is 1. The van der Waals surface area contributed by atoms with Crippen LogP contribution in [0.2, 0.25) is 5.15 Å². The van der Waals surface area contributed by atoms with E-state index in [9.17, 15) is 4.79 Å². The number of hydrogen-bond acceptors (Lipinski definition) is 2. The molecule has 0 fully saturated rings. The number of aromatic nitrogens is 1. The molecule has 0 saturated heterocycles. The zero-order valence-electron chi connectivity index (χ0n) is 13.1. The van der Waals surface area contributed by atoms with Crippen LogP contribution in [0.15, 0.2) is 42.6 Å². The lowest BCUT2D eigenvalue weighted by Crippen LogP contribution is -2.26. The van der Waals surface area contributed by atoms with E-state index < -0.39 is 0 Å². The van der Waals surface area contributed by atoms with Crippen molar-refractivity contribution in [1.29, 1.82) is 0 Å². The third kappa shape index (κ3) is 4.57. The molecular weight excluding hydrogens is 296 g/mol. The molecule has 4 heteroatoms. The standard InChI is InChI=1S/C18H21ClN2O/c1-12(2)10-14-4-6-15(7-5-14)13(3)21-18(22)16-8-9-20-17(19)11-16/h4-9,11-13H,10H2,1-3H3,(H,21,22). The van der Waals surface area contributed by atoms with Crippen molar-refractivity contribution in [1.82, 2.24) is 10.3 Å². The zero-order chi connectivity index (χ0) is 16.1. The highest BCUT2D eigenvalue weighted by Crippen LogP contribution is 2.16. The summed E-state index contributed by atoms with van der Waals surface area (Å²) in [5.74, 6) is 0.488. The van der Waals surface area contributed by atoms with Crippen LogP contribution in [0.25, 0.3) is 0 Å². The van der Waals surface area contributed by atoms with E-state index in [2.05, 4.69) is 48.4 Å². The number of hydrogen-bond donors (Lipinski definition) is 1. The van der Waals surface area contributed by atoms with Gasteiger partial charge in [-0.2, -0.15) is 0 Å². The quantitative estimate of drug-likeness (QED) is 0.829. The Morgan fingerprint density at radius 3 is 2.45 bits per heavy atom. The second-order valence-corrected chi connectivity index (χ2v) is 6.29. The first-order valence-electron chi connectivity index (χ1n) is 7.47. The Hall–Kier alpha value is -1.87. The van der Waals surface area contributed by atoms with Gasteiger partial charge in [-0.15, -0.1) is 0 Å². The highest BCUT2D eigenvalue weighted by atomic mass is 35.5. The molecule has 1 N–H and O–H groups in total. The number of carbonyl (C=O) groups excluding carboxylic acids is 1. The molecule has 1 aromatic carbocycles. The lowest BCUT2D eigenvalue weighted by molar-refractivity contribution is 0.0940. The molecule has 1 heterocycles. The zero-order valence-corrected chi connectivity index (χ0v) is 13.9. The summed E-state index contributed by atoms with van der Waals surface area (Å²) in [4.78, 5) is 16.1. The van der Waals surface area contributed by atoms with Crippen molar-refractivity contribution in [3.63, 3.8) is 0 Å². The molecule has 1 aromatic heterocycles.